The lowest BCUT2D eigenvalue weighted by Crippen LogP contribution is -2.69. The molecule has 0 spiro atoms. The van der Waals surface area contributed by atoms with Gasteiger partial charge in [0, 0.05) is 12.8 Å². The van der Waals surface area contributed by atoms with Crippen molar-refractivity contribution in [2.75, 3.05) is 0 Å². The first-order chi connectivity index (χ1) is 4.54. The van der Waals surface area contributed by atoms with Gasteiger partial charge in [-0.1, -0.05) is 0 Å². The van der Waals surface area contributed by atoms with Gasteiger partial charge >= 0.3 is 0 Å². The Balaban J connectivity index is 2.21. The van der Waals surface area contributed by atoms with Crippen molar-refractivity contribution in [1.29, 1.82) is 0 Å². The topological polar surface area (TPSA) is 69.9 Å². The zero-order valence-electron chi connectivity index (χ0n) is 5.45. The largest absolute Gasteiger partial charge is 0.361 e. The van der Waals surface area contributed by atoms with E-state index in [1.807, 2.05) is 0 Å². The summed E-state index contributed by atoms with van der Waals surface area (Å²) < 4.78 is 4.83. The van der Waals surface area contributed by atoms with E-state index < -0.39 is 11.6 Å². The van der Waals surface area contributed by atoms with Gasteiger partial charge in [0.15, 0.2) is 0 Å². The molecule has 4 nitrogen and oxygen atoms in total. The van der Waals surface area contributed by atoms with Crippen molar-refractivity contribution in [2.24, 2.45) is 0 Å². The number of fused-ring (bicyclic) bond motifs is 2. The number of aliphatic hydroxyl groups is 3. The third kappa shape index (κ3) is 0.594. The number of ether oxygens (including phenoxy) is 1. The van der Waals surface area contributed by atoms with Gasteiger partial charge in [-0.25, -0.2) is 0 Å². The summed E-state index contributed by atoms with van der Waals surface area (Å²) in [4.78, 5) is 0. The van der Waals surface area contributed by atoms with Crippen molar-refractivity contribution in [2.45, 2.75) is 36.9 Å². The molecule has 2 atom stereocenters. The van der Waals surface area contributed by atoms with Crippen LogP contribution in [-0.2, 0) is 4.74 Å². The maximum Gasteiger partial charge on any atom is 0.223 e. The second-order valence-corrected chi connectivity index (χ2v) is 3.08. The molecule has 10 heavy (non-hydrogen) atoms. The Hall–Kier alpha value is -0.160. The number of hydrogen-bond donors (Lipinski definition) is 3. The minimum absolute atomic E-state index is 0.0393. The van der Waals surface area contributed by atoms with Crippen LogP contribution in [0.1, 0.15) is 19.3 Å². The van der Waals surface area contributed by atoms with Crippen molar-refractivity contribution in [3.8, 4) is 0 Å². The minimum Gasteiger partial charge on any atom is -0.361 e. The lowest BCUT2D eigenvalue weighted by atomic mass is 9.80. The highest BCUT2D eigenvalue weighted by Gasteiger charge is 2.62. The average molecular weight is 146 g/mol. The molecular weight excluding hydrogens is 136 g/mol. The lowest BCUT2D eigenvalue weighted by Gasteiger charge is -2.54. The van der Waals surface area contributed by atoms with Gasteiger partial charge in [-0.2, -0.15) is 0 Å². The average Bonchev–Trinajstić information content (AvgIpc) is 1.73. The van der Waals surface area contributed by atoms with Crippen LogP contribution in [-0.4, -0.2) is 33.0 Å². The van der Waals surface area contributed by atoms with E-state index in [1.54, 1.807) is 0 Å². The summed E-state index contributed by atoms with van der Waals surface area (Å²) in [5.41, 5.74) is 0. The second-order valence-electron chi connectivity index (χ2n) is 3.08. The van der Waals surface area contributed by atoms with Gasteiger partial charge in [0.1, 0.15) is 0 Å². The molecule has 0 radical (unpaired) electrons. The van der Waals surface area contributed by atoms with E-state index >= 15 is 0 Å². The predicted molar refractivity (Wildman–Crippen MR) is 30.8 cm³/mol. The molecule has 0 amide bonds. The van der Waals surface area contributed by atoms with E-state index in [4.69, 9.17) is 14.9 Å². The van der Waals surface area contributed by atoms with Crippen LogP contribution in [0.25, 0.3) is 0 Å². The third-order valence-corrected chi connectivity index (χ3v) is 2.31. The molecule has 0 aromatic heterocycles. The monoisotopic (exact) mass is 146 g/mol. The molecule has 2 heterocycles. The van der Waals surface area contributed by atoms with Gasteiger partial charge in [0.2, 0.25) is 11.6 Å². The highest BCUT2D eigenvalue weighted by molar-refractivity contribution is 5.00. The summed E-state index contributed by atoms with van der Waals surface area (Å²) in [6.07, 6.45) is 1.21. The fraction of sp³-hybridized carbons (Fsp3) is 1.00. The van der Waals surface area contributed by atoms with Crippen LogP contribution in [0, 0.1) is 0 Å². The molecule has 2 aliphatic heterocycles. The quantitative estimate of drug-likeness (QED) is 0.381. The van der Waals surface area contributed by atoms with Gasteiger partial charge < -0.3 is 20.1 Å². The van der Waals surface area contributed by atoms with Crippen LogP contribution in [0.5, 0.6) is 0 Å². The molecule has 1 aliphatic carbocycles. The molecule has 3 fully saturated rings. The van der Waals surface area contributed by atoms with Crippen molar-refractivity contribution >= 4 is 0 Å². The number of hydrogen-bond acceptors (Lipinski definition) is 4. The molecule has 2 saturated heterocycles. The number of rotatable bonds is 0. The standard InChI is InChI=1S/C6H10O4/c7-5(8)2-1-4-3-6(5,9)10-4/h4,7-9H,1-3H2. The summed E-state index contributed by atoms with van der Waals surface area (Å²) in [5.74, 6) is -3.70. The normalized spacial score (nSPS) is 50.1. The third-order valence-electron chi connectivity index (χ3n) is 2.31. The Morgan fingerprint density at radius 3 is 2.20 bits per heavy atom. The molecule has 3 aliphatic rings. The predicted octanol–water partition coefficient (Wildman–Crippen LogP) is -1.06. The first-order valence-electron chi connectivity index (χ1n) is 3.38. The molecule has 3 N–H and O–H groups in total. The fourth-order valence-corrected chi connectivity index (χ4v) is 1.55. The van der Waals surface area contributed by atoms with Crippen molar-refractivity contribution in [1.82, 2.24) is 0 Å². The van der Waals surface area contributed by atoms with Crippen LogP contribution in [0.4, 0.5) is 0 Å². The Bertz CT molecular complexity index is 150. The molecule has 0 aromatic rings. The van der Waals surface area contributed by atoms with Gasteiger partial charge in [-0.3, -0.25) is 0 Å². The Labute approximate surface area is 58.0 Å². The molecule has 3 rings (SSSR count). The zero-order chi connectivity index (χ0) is 7.41. The first-order valence-corrected chi connectivity index (χ1v) is 3.38. The smallest absolute Gasteiger partial charge is 0.223 e. The maximum absolute atomic E-state index is 9.25. The summed E-state index contributed by atoms with van der Waals surface area (Å²) >= 11 is 0. The molecular formula is C6H10O4. The summed E-state index contributed by atoms with van der Waals surface area (Å²) in [6.45, 7) is 0. The lowest BCUT2D eigenvalue weighted by molar-refractivity contribution is -0.463. The van der Waals surface area contributed by atoms with Crippen LogP contribution >= 0.6 is 0 Å². The van der Waals surface area contributed by atoms with E-state index in [2.05, 4.69) is 0 Å². The Kier molecular flexibility index (Phi) is 1.00. The van der Waals surface area contributed by atoms with E-state index in [1.165, 1.54) is 0 Å². The minimum atomic E-state index is -2.03. The van der Waals surface area contributed by atoms with Gasteiger partial charge in [-0.05, 0) is 6.42 Å². The molecule has 58 valence electrons. The molecule has 0 aromatic carbocycles. The molecule has 1 saturated carbocycles. The van der Waals surface area contributed by atoms with E-state index in [0.717, 1.165) is 0 Å². The maximum atomic E-state index is 9.25. The Morgan fingerprint density at radius 2 is 1.90 bits per heavy atom. The Morgan fingerprint density at radius 1 is 1.30 bits per heavy atom. The summed E-state index contributed by atoms with van der Waals surface area (Å²) in [5, 5.41) is 27.5. The van der Waals surface area contributed by atoms with E-state index in [-0.39, 0.29) is 12.5 Å². The van der Waals surface area contributed by atoms with Crippen molar-refractivity contribution in [3.05, 3.63) is 0 Å². The van der Waals surface area contributed by atoms with Gasteiger partial charge in [0.25, 0.3) is 0 Å². The zero-order valence-corrected chi connectivity index (χ0v) is 5.45. The van der Waals surface area contributed by atoms with E-state index in [9.17, 15) is 5.11 Å². The second kappa shape index (κ2) is 1.53. The highest BCUT2D eigenvalue weighted by Crippen LogP contribution is 2.47. The van der Waals surface area contributed by atoms with Crippen molar-refractivity contribution < 1.29 is 20.1 Å². The van der Waals surface area contributed by atoms with Gasteiger partial charge in [-0.15, -0.1) is 0 Å². The summed E-state index contributed by atoms with van der Waals surface area (Å²) in [7, 11) is 0. The SMILES string of the molecule is OC1(O)CCC2CC1(O)O2. The van der Waals surface area contributed by atoms with Crippen LogP contribution in [0.15, 0.2) is 0 Å². The fourth-order valence-electron chi connectivity index (χ4n) is 1.55. The summed E-state index contributed by atoms with van der Waals surface area (Å²) in [6, 6.07) is 0. The van der Waals surface area contributed by atoms with Crippen LogP contribution in [0.3, 0.4) is 0 Å². The first kappa shape index (κ1) is 6.54. The van der Waals surface area contributed by atoms with E-state index in [0.29, 0.717) is 12.8 Å². The van der Waals surface area contributed by atoms with Crippen LogP contribution in [0.2, 0.25) is 0 Å². The van der Waals surface area contributed by atoms with Gasteiger partial charge in [0.05, 0.1) is 6.10 Å². The highest BCUT2D eigenvalue weighted by atomic mass is 16.7. The van der Waals surface area contributed by atoms with Crippen molar-refractivity contribution in [3.63, 3.8) is 0 Å². The van der Waals surface area contributed by atoms with Crippen LogP contribution < -0.4 is 0 Å². The molecule has 2 bridgehead atoms. The molecule has 2 unspecified atom stereocenters. The molecule has 4 heteroatoms.